The molecule has 3 nitrogen and oxygen atoms in total. The molecule has 0 atom stereocenters. The fourth-order valence-corrected chi connectivity index (χ4v) is 2.03. The van der Waals surface area contributed by atoms with Crippen LogP contribution in [-0.2, 0) is 0 Å². The molecule has 0 radical (unpaired) electrons. The summed E-state index contributed by atoms with van der Waals surface area (Å²) < 4.78 is 5.94. The van der Waals surface area contributed by atoms with Crippen LogP contribution in [0.3, 0.4) is 0 Å². The summed E-state index contributed by atoms with van der Waals surface area (Å²) in [5, 5.41) is 8.00. The van der Waals surface area contributed by atoms with Crippen LogP contribution in [0.4, 0.5) is 0 Å². The molecule has 0 aliphatic carbocycles. The van der Waals surface area contributed by atoms with Crippen LogP contribution >= 0.6 is 39.1 Å². The SMILES string of the molecule is Cc1cc(Br)c(-c2nnc(Cl)o2)cc1Cl. The Hall–Kier alpha value is -0.580. The van der Waals surface area contributed by atoms with E-state index in [1.165, 1.54) is 0 Å². The summed E-state index contributed by atoms with van der Waals surface area (Å²) in [7, 11) is 0. The monoisotopic (exact) mass is 306 g/mol. The summed E-state index contributed by atoms with van der Waals surface area (Å²) in [6.45, 7) is 1.91. The lowest BCUT2D eigenvalue weighted by atomic mass is 10.1. The Balaban J connectivity index is 2.58. The average molecular weight is 308 g/mol. The number of benzene rings is 1. The first-order chi connectivity index (χ1) is 7.08. The van der Waals surface area contributed by atoms with Crippen molar-refractivity contribution < 1.29 is 4.42 Å². The zero-order valence-corrected chi connectivity index (χ0v) is 10.7. The molecule has 1 aromatic heterocycles. The third-order valence-corrected chi connectivity index (χ3v) is 3.10. The molecule has 2 aromatic rings. The molecule has 15 heavy (non-hydrogen) atoms. The predicted octanol–water partition coefficient (Wildman–Crippen LogP) is 4.11. The van der Waals surface area contributed by atoms with Gasteiger partial charge in [0.1, 0.15) is 0 Å². The number of aromatic nitrogens is 2. The van der Waals surface area contributed by atoms with E-state index in [-0.39, 0.29) is 5.35 Å². The van der Waals surface area contributed by atoms with Gasteiger partial charge in [-0.3, -0.25) is 0 Å². The van der Waals surface area contributed by atoms with Crippen LogP contribution in [0.2, 0.25) is 10.4 Å². The van der Waals surface area contributed by atoms with Crippen molar-refractivity contribution >= 4 is 39.1 Å². The van der Waals surface area contributed by atoms with Crippen LogP contribution in [0, 0.1) is 6.92 Å². The molecule has 1 aromatic carbocycles. The van der Waals surface area contributed by atoms with Gasteiger partial charge < -0.3 is 4.42 Å². The van der Waals surface area contributed by atoms with Crippen LogP contribution in [0.5, 0.6) is 0 Å². The number of hydrogen-bond acceptors (Lipinski definition) is 3. The lowest BCUT2D eigenvalue weighted by Gasteiger charge is -2.03. The molecule has 0 bridgehead atoms. The lowest BCUT2D eigenvalue weighted by Crippen LogP contribution is -1.83. The van der Waals surface area contributed by atoms with Gasteiger partial charge in [-0.25, -0.2) is 0 Å². The number of aryl methyl sites for hydroxylation is 1. The summed E-state index contributed by atoms with van der Waals surface area (Å²) in [4.78, 5) is 0. The standard InChI is InChI=1S/C9H5BrCl2N2O/c1-4-2-6(10)5(3-7(4)11)8-13-14-9(12)15-8/h2-3H,1H3. The summed E-state index contributed by atoms with van der Waals surface area (Å²) >= 11 is 14.9. The molecule has 0 aliphatic rings. The number of hydrogen-bond donors (Lipinski definition) is 0. The molecular formula is C9H5BrCl2N2O. The van der Waals surface area contributed by atoms with E-state index in [4.69, 9.17) is 27.6 Å². The molecule has 2 rings (SSSR count). The van der Waals surface area contributed by atoms with Gasteiger partial charge in [0.05, 0.1) is 5.56 Å². The molecule has 0 fully saturated rings. The van der Waals surface area contributed by atoms with E-state index < -0.39 is 0 Å². The highest BCUT2D eigenvalue weighted by Crippen LogP contribution is 2.32. The number of rotatable bonds is 1. The highest BCUT2D eigenvalue weighted by Gasteiger charge is 2.12. The van der Waals surface area contributed by atoms with E-state index in [0.717, 1.165) is 15.6 Å². The van der Waals surface area contributed by atoms with E-state index in [1.54, 1.807) is 6.07 Å². The molecule has 0 amide bonds. The van der Waals surface area contributed by atoms with E-state index in [2.05, 4.69) is 26.1 Å². The second-order valence-electron chi connectivity index (χ2n) is 2.94. The van der Waals surface area contributed by atoms with Gasteiger partial charge in [-0.05, 0) is 52.2 Å². The Kier molecular flexibility index (Phi) is 3.00. The van der Waals surface area contributed by atoms with Gasteiger partial charge in [0.25, 0.3) is 0 Å². The van der Waals surface area contributed by atoms with Crippen molar-refractivity contribution in [3.05, 3.63) is 32.5 Å². The maximum absolute atomic E-state index is 6.00. The quantitative estimate of drug-likeness (QED) is 0.795. The minimum absolute atomic E-state index is 0.00796. The second kappa shape index (κ2) is 4.12. The Morgan fingerprint density at radius 3 is 2.60 bits per heavy atom. The van der Waals surface area contributed by atoms with Gasteiger partial charge in [-0.1, -0.05) is 16.7 Å². The summed E-state index contributed by atoms with van der Waals surface area (Å²) in [5.41, 5.74) is 1.70. The highest BCUT2D eigenvalue weighted by atomic mass is 79.9. The van der Waals surface area contributed by atoms with Gasteiger partial charge in [-0.15, -0.1) is 5.10 Å². The highest BCUT2D eigenvalue weighted by molar-refractivity contribution is 9.10. The van der Waals surface area contributed by atoms with Gasteiger partial charge in [0.15, 0.2) is 0 Å². The first-order valence-corrected chi connectivity index (χ1v) is 5.58. The van der Waals surface area contributed by atoms with Crippen molar-refractivity contribution in [1.29, 1.82) is 0 Å². The Morgan fingerprint density at radius 1 is 1.27 bits per heavy atom. The van der Waals surface area contributed by atoms with Crippen LogP contribution in [0.15, 0.2) is 21.0 Å². The number of nitrogens with zero attached hydrogens (tertiary/aromatic N) is 2. The minimum atomic E-state index is 0.00796. The Bertz CT molecular complexity index is 513. The molecular weight excluding hydrogens is 303 g/mol. The van der Waals surface area contributed by atoms with Crippen LogP contribution in [0.1, 0.15) is 5.56 Å². The molecule has 0 aliphatic heterocycles. The molecule has 1 heterocycles. The maximum atomic E-state index is 6.00. The van der Waals surface area contributed by atoms with Crippen molar-refractivity contribution in [2.45, 2.75) is 6.92 Å². The first-order valence-electron chi connectivity index (χ1n) is 4.03. The Labute approximate surface area is 105 Å². The Morgan fingerprint density at radius 2 is 2.00 bits per heavy atom. The van der Waals surface area contributed by atoms with E-state index in [0.29, 0.717) is 10.9 Å². The van der Waals surface area contributed by atoms with Crippen molar-refractivity contribution in [2.75, 3.05) is 0 Å². The molecule has 0 saturated heterocycles. The molecule has 0 N–H and O–H groups in total. The fourth-order valence-electron chi connectivity index (χ4n) is 1.12. The molecule has 6 heteroatoms. The largest absolute Gasteiger partial charge is 0.407 e. The van der Waals surface area contributed by atoms with E-state index in [1.807, 2.05) is 13.0 Å². The van der Waals surface area contributed by atoms with Gasteiger partial charge >= 0.3 is 5.35 Å². The first kappa shape index (κ1) is 10.9. The average Bonchev–Trinajstić information content (AvgIpc) is 2.58. The minimum Gasteiger partial charge on any atom is -0.407 e. The van der Waals surface area contributed by atoms with Crippen LogP contribution < -0.4 is 0 Å². The smallest absolute Gasteiger partial charge is 0.313 e. The molecule has 0 unspecified atom stereocenters. The van der Waals surface area contributed by atoms with Crippen LogP contribution in [-0.4, -0.2) is 10.2 Å². The topological polar surface area (TPSA) is 38.9 Å². The normalized spacial score (nSPS) is 10.7. The van der Waals surface area contributed by atoms with Crippen molar-refractivity contribution in [3.8, 4) is 11.5 Å². The summed E-state index contributed by atoms with van der Waals surface area (Å²) in [6, 6.07) is 3.64. The van der Waals surface area contributed by atoms with E-state index >= 15 is 0 Å². The molecule has 0 spiro atoms. The predicted molar refractivity (Wildman–Crippen MR) is 62.2 cm³/mol. The zero-order chi connectivity index (χ0) is 11.0. The third kappa shape index (κ3) is 2.17. The molecule has 0 saturated carbocycles. The van der Waals surface area contributed by atoms with Crippen molar-refractivity contribution in [2.24, 2.45) is 0 Å². The fraction of sp³-hybridized carbons (Fsp3) is 0.111. The summed E-state index contributed by atoms with van der Waals surface area (Å²) in [5.74, 6) is 0.341. The van der Waals surface area contributed by atoms with Crippen LogP contribution in [0.25, 0.3) is 11.5 Å². The van der Waals surface area contributed by atoms with Crippen molar-refractivity contribution in [3.63, 3.8) is 0 Å². The lowest BCUT2D eigenvalue weighted by molar-refractivity contribution is 0.570. The third-order valence-electron chi connectivity index (χ3n) is 1.88. The van der Waals surface area contributed by atoms with Gasteiger partial charge in [0.2, 0.25) is 5.89 Å². The maximum Gasteiger partial charge on any atom is 0.313 e. The number of halogens is 3. The van der Waals surface area contributed by atoms with Gasteiger partial charge in [-0.2, -0.15) is 0 Å². The molecule has 78 valence electrons. The van der Waals surface area contributed by atoms with Gasteiger partial charge in [0, 0.05) is 9.50 Å². The van der Waals surface area contributed by atoms with Crippen molar-refractivity contribution in [1.82, 2.24) is 10.2 Å². The van der Waals surface area contributed by atoms with E-state index in [9.17, 15) is 0 Å². The summed E-state index contributed by atoms with van der Waals surface area (Å²) in [6.07, 6.45) is 0. The zero-order valence-electron chi connectivity index (χ0n) is 7.59. The second-order valence-corrected chi connectivity index (χ2v) is 4.53.